The molecule has 0 spiro atoms. The van der Waals surface area contributed by atoms with Gasteiger partial charge in [-0.1, -0.05) is 24.3 Å². The second-order valence-electron chi connectivity index (χ2n) is 7.19. The number of carbonyl (C=O) groups is 3. The molecular formula is C26H20O7. The molecule has 1 aliphatic rings. The van der Waals surface area contributed by atoms with Crippen molar-refractivity contribution < 1.29 is 33.3 Å². The fraction of sp³-hybridized carbons (Fsp3) is 0.115. The first-order valence-electron chi connectivity index (χ1n) is 10.0. The Balaban J connectivity index is 1.43. The van der Waals surface area contributed by atoms with Crippen LogP contribution in [-0.2, 0) is 16.1 Å². The molecule has 7 nitrogen and oxygen atoms in total. The Bertz CT molecular complexity index is 1240. The summed E-state index contributed by atoms with van der Waals surface area (Å²) in [6.45, 7) is 0.281. The Hall–Kier alpha value is -4.39. The molecule has 0 radical (unpaired) electrons. The average molecular weight is 444 g/mol. The molecular weight excluding hydrogens is 424 g/mol. The van der Waals surface area contributed by atoms with Gasteiger partial charge in [0.05, 0.1) is 30.9 Å². The number of methoxy groups -OCH3 is 2. The van der Waals surface area contributed by atoms with E-state index in [2.05, 4.69) is 9.47 Å². The lowest BCUT2D eigenvalue weighted by molar-refractivity contribution is 0.0592. The fourth-order valence-electron chi connectivity index (χ4n) is 3.26. The molecule has 0 saturated carbocycles. The number of rotatable bonds is 6. The maximum atomic E-state index is 12.7. The highest BCUT2D eigenvalue weighted by molar-refractivity contribution is 6.14. The molecule has 0 atom stereocenters. The molecule has 3 aromatic rings. The molecule has 0 N–H and O–H groups in total. The van der Waals surface area contributed by atoms with Crippen molar-refractivity contribution in [2.75, 3.05) is 14.2 Å². The van der Waals surface area contributed by atoms with Gasteiger partial charge in [0.25, 0.3) is 0 Å². The van der Waals surface area contributed by atoms with Crippen LogP contribution in [0.4, 0.5) is 0 Å². The first kappa shape index (κ1) is 21.8. The number of Topliss-reactive ketones (excluding diaryl/α,β-unsaturated/α-hetero) is 1. The number of hydrogen-bond donors (Lipinski definition) is 0. The van der Waals surface area contributed by atoms with Gasteiger partial charge < -0.3 is 18.9 Å². The standard InChI is InChI=1S/C26H20O7/c1-30-25(28)18-7-3-16(4-8-18)13-23-24(27)21-12-11-20(14-22(21)33-23)32-15-17-5-9-19(10-6-17)26(29)31-2/h3-14H,15H2,1-2H3/b23-13-. The summed E-state index contributed by atoms with van der Waals surface area (Å²) in [6.07, 6.45) is 1.62. The van der Waals surface area contributed by atoms with Gasteiger partial charge in [-0.2, -0.15) is 0 Å². The van der Waals surface area contributed by atoms with Crippen LogP contribution in [0.3, 0.4) is 0 Å². The first-order chi connectivity index (χ1) is 16.0. The minimum absolute atomic E-state index is 0.186. The van der Waals surface area contributed by atoms with Gasteiger partial charge in [-0.15, -0.1) is 0 Å². The third-order valence-electron chi connectivity index (χ3n) is 5.05. The zero-order valence-corrected chi connectivity index (χ0v) is 18.0. The molecule has 7 heteroatoms. The summed E-state index contributed by atoms with van der Waals surface area (Å²) in [7, 11) is 2.65. The number of hydrogen-bond acceptors (Lipinski definition) is 7. The average Bonchev–Trinajstić information content (AvgIpc) is 3.16. The summed E-state index contributed by atoms with van der Waals surface area (Å²) in [6, 6.07) is 18.6. The summed E-state index contributed by atoms with van der Waals surface area (Å²) in [5.74, 6) is 0.0875. The van der Waals surface area contributed by atoms with Crippen LogP contribution >= 0.6 is 0 Å². The molecule has 0 fully saturated rings. The Morgan fingerprint density at radius 1 is 0.848 bits per heavy atom. The van der Waals surface area contributed by atoms with Gasteiger partial charge in [0, 0.05) is 6.07 Å². The third-order valence-corrected chi connectivity index (χ3v) is 5.05. The van der Waals surface area contributed by atoms with E-state index in [0.29, 0.717) is 33.8 Å². The van der Waals surface area contributed by atoms with Gasteiger partial charge in [-0.05, 0) is 53.6 Å². The van der Waals surface area contributed by atoms with Gasteiger partial charge in [0.1, 0.15) is 18.1 Å². The summed E-state index contributed by atoms with van der Waals surface area (Å²) in [4.78, 5) is 35.7. The quantitative estimate of drug-likeness (QED) is 0.410. The number of ether oxygens (including phenoxy) is 4. The summed E-state index contributed by atoms with van der Waals surface area (Å²) < 4.78 is 20.9. The Morgan fingerprint density at radius 2 is 1.45 bits per heavy atom. The van der Waals surface area contributed by atoms with E-state index in [-0.39, 0.29) is 18.1 Å². The summed E-state index contributed by atoms with van der Waals surface area (Å²) in [5.41, 5.74) is 2.91. The highest BCUT2D eigenvalue weighted by Crippen LogP contribution is 2.35. The van der Waals surface area contributed by atoms with Crippen LogP contribution in [0.1, 0.15) is 42.2 Å². The second kappa shape index (κ2) is 9.40. The van der Waals surface area contributed by atoms with Crippen LogP contribution in [0.25, 0.3) is 6.08 Å². The van der Waals surface area contributed by atoms with E-state index in [1.54, 1.807) is 72.8 Å². The fourth-order valence-corrected chi connectivity index (χ4v) is 3.26. The van der Waals surface area contributed by atoms with Crippen LogP contribution < -0.4 is 9.47 Å². The minimum atomic E-state index is -0.429. The van der Waals surface area contributed by atoms with Gasteiger partial charge in [-0.3, -0.25) is 4.79 Å². The summed E-state index contributed by atoms with van der Waals surface area (Å²) >= 11 is 0. The molecule has 0 bridgehead atoms. The van der Waals surface area contributed by atoms with E-state index in [1.165, 1.54) is 14.2 Å². The number of allylic oxidation sites excluding steroid dienone is 1. The lowest BCUT2D eigenvalue weighted by Crippen LogP contribution is -2.02. The number of benzene rings is 3. The van der Waals surface area contributed by atoms with Gasteiger partial charge in [0.2, 0.25) is 5.78 Å². The predicted molar refractivity (Wildman–Crippen MR) is 119 cm³/mol. The van der Waals surface area contributed by atoms with E-state index in [9.17, 15) is 14.4 Å². The van der Waals surface area contributed by atoms with E-state index in [0.717, 1.165) is 5.56 Å². The van der Waals surface area contributed by atoms with E-state index < -0.39 is 11.9 Å². The van der Waals surface area contributed by atoms with Crippen LogP contribution in [0, 0.1) is 0 Å². The van der Waals surface area contributed by atoms with E-state index in [1.807, 2.05) is 0 Å². The highest BCUT2D eigenvalue weighted by atomic mass is 16.5. The van der Waals surface area contributed by atoms with Crippen molar-refractivity contribution in [2.24, 2.45) is 0 Å². The van der Waals surface area contributed by atoms with Crippen molar-refractivity contribution in [3.8, 4) is 11.5 Å². The molecule has 1 heterocycles. The van der Waals surface area contributed by atoms with Crippen molar-refractivity contribution in [1.82, 2.24) is 0 Å². The molecule has 0 unspecified atom stereocenters. The maximum Gasteiger partial charge on any atom is 0.337 e. The van der Waals surface area contributed by atoms with Crippen molar-refractivity contribution in [3.63, 3.8) is 0 Å². The molecule has 0 amide bonds. The van der Waals surface area contributed by atoms with E-state index >= 15 is 0 Å². The minimum Gasteiger partial charge on any atom is -0.489 e. The third kappa shape index (κ3) is 4.77. The van der Waals surface area contributed by atoms with Crippen LogP contribution in [0.5, 0.6) is 11.5 Å². The zero-order valence-electron chi connectivity index (χ0n) is 18.0. The second-order valence-corrected chi connectivity index (χ2v) is 7.19. The topological polar surface area (TPSA) is 88.1 Å². The largest absolute Gasteiger partial charge is 0.489 e. The van der Waals surface area contributed by atoms with Crippen LogP contribution in [0.15, 0.2) is 72.5 Å². The maximum absolute atomic E-state index is 12.7. The number of esters is 2. The SMILES string of the molecule is COC(=O)c1ccc(/C=C2\Oc3cc(OCc4ccc(C(=O)OC)cc4)ccc3C2=O)cc1. The van der Waals surface area contributed by atoms with Crippen molar-refractivity contribution >= 4 is 23.8 Å². The van der Waals surface area contributed by atoms with Gasteiger partial charge >= 0.3 is 11.9 Å². The summed E-state index contributed by atoms with van der Waals surface area (Å²) in [5, 5.41) is 0. The van der Waals surface area contributed by atoms with Crippen molar-refractivity contribution in [2.45, 2.75) is 6.61 Å². The Kier molecular flexibility index (Phi) is 6.22. The monoisotopic (exact) mass is 444 g/mol. The molecule has 0 saturated heterocycles. The number of fused-ring (bicyclic) bond motifs is 1. The lowest BCUT2D eigenvalue weighted by Gasteiger charge is -2.08. The Labute approximate surface area is 190 Å². The highest BCUT2D eigenvalue weighted by Gasteiger charge is 2.27. The normalized spacial score (nSPS) is 13.3. The predicted octanol–water partition coefficient (Wildman–Crippen LogP) is 4.46. The Morgan fingerprint density at radius 3 is 2.06 bits per heavy atom. The molecule has 1 aliphatic heterocycles. The zero-order chi connectivity index (χ0) is 23.4. The molecule has 33 heavy (non-hydrogen) atoms. The molecule has 166 valence electrons. The van der Waals surface area contributed by atoms with E-state index in [4.69, 9.17) is 9.47 Å². The molecule has 0 aliphatic carbocycles. The lowest BCUT2D eigenvalue weighted by atomic mass is 10.1. The number of ketones is 1. The first-order valence-corrected chi connectivity index (χ1v) is 10.0. The molecule has 0 aromatic heterocycles. The van der Waals surface area contributed by atoms with Crippen molar-refractivity contribution in [1.29, 1.82) is 0 Å². The van der Waals surface area contributed by atoms with Crippen LogP contribution in [0.2, 0.25) is 0 Å². The smallest absolute Gasteiger partial charge is 0.337 e. The molecule has 3 aromatic carbocycles. The van der Waals surface area contributed by atoms with Crippen LogP contribution in [-0.4, -0.2) is 31.9 Å². The van der Waals surface area contributed by atoms with Gasteiger partial charge in [-0.25, -0.2) is 9.59 Å². The molecule has 4 rings (SSSR count). The van der Waals surface area contributed by atoms with Crippen molar-refractivity contribution in [3.05, 3.63) is 100 Å². The van der Waals surface area contributed by atoms with Gasteiger partial charge in [0.15, 0.2) is 5.76 Å². The number of carbonyl (C=O) groups excluding carboxylic acids is 3.